The molecule has 1 heterocycles. The molecule has 11 heteroatoms. The fourth-order valence-electron chi connectivity index (χ4n) is 1.98. The third-order valence-electron chi connectivity index (χ3n) is 3.37. The Morgan fingerprint density at radius 3 is 2.46 bits per heavy atom. The molecule has 150 valence electrons. The molecule has 0 saturated heterocycles. The number of rotatable bonds is 8. The smallest absolute Gasteiger partial charge is 0.321 e. The molecule has 0 radical (unpaired) electrons. The molecule has 0 aliphatic rings. The van der Waals surface area contributed by atoms with Crippen LogP contribution in [-0.2, 0) is 30.7 Å². The quantitative estimate of drug-likeness (QED) is 0.491. The molecule has 3 amide bonds. The SMILES string of the molecule is O=C(COC(=O)CCS(=O)(=O)c1ccc(F)cc1)NC(=O)NCc1ccco1. The van der Waals surface area contributed by atoms with Gasteiger partial charge >= 0.3 is 12.0 Å². The van der Waals surface area contributed by atoms with Crippen LogP contribution in [-0.4, -0.2) is 38.7 Å². The molecule has 0 aliphatic heterocycles. The van der Waals surface area contributed by atoms with Crippen molar-refractivity contribution in [3.8, 4) is 0 Å². The van der Waals surface area contributed by atoms with Crippen molar-refractivity contribution in [1.29, 1.82) is 0 Å². The summed E-state index contributed by atoms with van der Waals surface area (Å²) in [5.74, 6) is -2.49. The first kappa shape index (κ1) is 21.1. The fourth-order valence-corrected chi connectivity index (χ4v) is 3.21. The predicted molar refractivity (Wildman–Crippen MR) is 93.1 cm³/mol. The maximum atomic E-state index is 12.8. The lowest BCUT2D eigenvalue weighted by Crippen LogP contribution is -2.41. The highest BCUT2D eigenvalue weighted by Gasteiger charge is 2.18. The van der Waals surface area contributed by atoms with E-state index >= 15 is 0 Å². The zero-order chi connectivity index (χ0) is 20.6. The Balaban J connectivity index is 1.69. The molecule has 0 saturated carbocycles. The number of halogens is 1. The van der Waals surface area contributed by atoms with Crippen LogP contribution in [0.15, 0.2) is 52.0 Å². The van der Waals surface area contributed by atoms with Crippen LogP contribution in [0.4, 0.5) is 9.18 Å². The summed E-state index contributed by atoms with van der Waals surface area (Å²) in [6.45, 7) is -0.684. The minimum atomic E-state index is -3.80. The van der Waals surface area contributed by atoms with Crippen molar-refractivity contribution in [3.63, 3.8) is 0 Å². The molecular formula is C17H17FN2O7S. The van der Waals surface area contributed by atoms with Gasteiger partial charge in [-0.05, 0) is 36.4 Å². The molecular weight excluding hydrogens is 395 g/mol. The molecule has 0 unspecified atom stereocenters. The van der Waals surface area contributed by atoms with E-state index < -0.39 is 52.3 Å². The maximum absolute atomic E-state index is 12.8. The van der Waals surface area contributed by atoms with Crippen LogP contribution in [0, 0.1) is 5.82 Å². The van der Waals surface area contributed by atoms with Crippen LogP contribution in [0.2, 0.25) is 0 Å². The summed E-state index contributed by atoms with van der Waals surface area (Å²) in [4.78, 5) is 34.5. The second-order valence-electron chi connectivity index (χ2n) is 5.49. The Hall–Kier alpha value is -3.21. The average Bonchev–Trinajstić information content (AvgIpc) is 3.17. The molecule has 0 fully saturated rings. The van der Waals surface area contributed by atoms with Gasteiger partial charge in [0.05, 0.1) is 29.9 Å². The molecule has 0 atom stereocenters. The topological polar surface area (TPSA) is 132 Å². The molecule has 1 aromatic carbocycles. The van der Waals surface area contributed by atoms with Crippen molar-refractivity contribution in [1.82, 2.24) is 10.6 Å². The van der Waals surface area contributed by atoms with Gasteiger partial charge in [-0.3, -0.25) is 14.9 Å². The summed E-state index contributed by atoms with van der Waals surface area (Å²) in [6, 6.07) is 6.62. The summed E-state index contributed by atoms with van der Waals surface area (Å²) < 4.78 is 46.5. The number of hydrogen-bond acceptors (Lipinski definition) is 7. The van der Waals surface area contributed by atoms with Gasteiger partial charge in [-0.15, -0.1) is 0 Å². The Morgan fingerprint density at radius 1 is 1.11 bits per heavy atom. The van der Waals surface area contributed by atoms with Crippen LogP contribution in [0.1, 0.15) is 12.2 Å². The van der Waals surface area contributed by atoms with Gasteiger partial charge in [0.15, 0.2) is 16.4 Å². The normalized spacial score (nSPS) is 10.9. The number of sulfone groups is 1. The van der Waals surface area contributed by atoms with Crippen LogP contribution in [0.5, 0.6) is 0 Å². The van der Waals surface area contributed by atoms with Crippen molar-refractivity contribution < 1.29 is 36.3 Å². The van der Waals surface area contributed by atoms with Gasteiger partial charge in [0.1, 0.15) is 11.6 Å². The van der Waals surface area contributed by atoms with Gasteiger partial charge in [-0.1, -0.05) is 0 Å². The van der Waals surface area contributed by atoms with E-state index in [1.807, 2.05) is 5.32 Å². The van der Waals surface area contributed by atoms with Crippen molar-refractivity contribution >= 4 is 27.7 Å². The summed E-state index contributed by atoms with van der Waals surface area (Å²) >= 11 is 0. The number of furan rings is 1. The van der Waals surface area contributed by atoms with Crippen LogP contribution in [0.3, 0.4) is 0 Å². The van der Waals surface area contributed by atoms with E-state index in [9.17, 15) is 27.2 Å². The molecule has 9 nitrogen and oxygen atoms in total. The van der Waals surface area contributed by atoms with Gasteiger partial charge < -0.3 is 14.5 Å². The van der Waals surface area contributed by atoms with E-state index in [-0.39, 0.29) is 11.4 Å². The Bertz CT molecular complexity index is 925. The maximum Gasteiger partial charge on any atom is 0.321 e. The van der Waals surface area contributed by atoms with Gasteiger partial charge in [0, 0.05) is 0 Å². The first-order chi connectivity index (χ1) is 13.3. The number of ether oxygens (including phenoxy) is 1. The van der Waals surface area contributed by atoms with E-state index in [1.165, 1.54) is 6.26 Å². The third kappa shape index (κ3) is 6.83. The van der Waals surface area contributed by atoms with Gasteiger partial charge in [0.2, 0.25) is 0 Å². The number of benzene rings is 1. The molecule has 0 spiro atoms. The number of amides is 3. The largest absolute Gasteiger partial charge is 0.467 e. The lowest BCUT2D eigenvalue weighted by Gasteiger charge is -2.07. The Labute approximate surface area is 159 Å². The van der Waals surface area contributed by atoms with Gasteiger partial charge in [-0.25, -0.2) is 17.6 Å². The lowest BCUT2D eigenvalue weighted by atomic mass is 10.4. The Kier molecular flexibility index (Phi) is 7.27. The van der Waals surface area contributed by atoms with Gasteiger partial charge in [-0.2, -0.15) is 0 Å². The van der Waals surface area contributed by atoms with Crippen molar-refractivity contribution in [2.24, 2.45) is 0 Å². The first-order valence-corrected chi connectivity index (χ1v) is 9.65. The van der Waals surface area contributed by atoms with Crippen molar-refractivity contribution in [2.45, 2.75) is 17.9 Å². The van der Waals surface area contributed by atoms with Crippen LogP contribution in [0.25, 0.3) is 0 Å². The zero-order valence-electron chi connectivity index (χ0n) is 14.5. The second kappa shape index (κ2) is 9.65. The van der Waals surface area contributed by atoms with E-state index in [4.69, 9.17) is 4.42 Å². The number of esters is 1. The number of hydrogen-bond donors (Lipinski definition) is 2. The van der Waals surface area contributed by atoms with Gasteiger partial charge in [0.25, 0.3) is 5.91 Å². The number of imide groups is 1. The molecule has 0 aliphatic carbocycles. The lowest BCUT2D eigenvalue weighted by molar-refractivity contribution is -0.147. The van der Waals surface area contributed by atoms with Crippen LogP contribution >= 0.6 is 0 Å². The predicted octanol–water partition coefficient (Wildman–Crippen LogP) is 1.15. The standard InChI is InChI=1S/C17H17FN2O7S/c18-12-3-5-14(6-4-12)28(24,25)9-7-16(22)27-11-15(21)20-17(23)19-10-13-2-1-8-26-13/h1-6,8H,7,9-11H2,(H2,19,20,21,23). The third-order valence-corrected chi connectivity index (χ3v) is 5.10. The van der Waals surface area contributed by atoms with E-state index in [0.29, 0.717) is 5.76 Å². The highest BCUT2D eigenvalue weighted by Crippen LogP contribution is 2.13. The number of nitrogens with one attached hydrogen (secondary N) is 2. The molecule has 1 aromatic heterocycles. The molecule has 28 heavy (non-hydrogen) atoms. The molecule has 2 N–H and O–H groups in total. The minimum Gasteiger partial charge on any atom is -0.467 e. The first-order valence-electron chi connectivity index (χ1n) is 8.00. The highest BCUT2D eigenvalue weighted by atomic mass is 32.2. The summed E-state index contributed by atoms with van der Waals surface area (Å²) in [6.07, 6.45) is 0.924. The number of carbonyl (C=O) groups excluding carboxylic acids is 3. The number of carbonyl (C=O) groups is 3. The van der Waals surface area contributed by atoms with E-state index in [0.717, 1.165) is 24.3 Å². The van der Waals surface area contributed by atoms with Crippen LogP contribution < -0.4 is 10.6 Å². The molecule has 2 rings (SSSR count). The van der Waals surface area contributed by atoms with E-state index in [2.05, 4.69) is 10.1 Å². The van der Waals surface area contributed by atoms with Crippen molar-refractivity contribution in [2.75, 3.05) is 12.4 Å². The average molecular weight is 412 g/mol. The Morgan fingerprint density at radius 2 is 1.82 bits per heavy atom. The minimum absolute atomic E-state index is 0.0626. The summed E-state index contributed by atoms with van der Waals surface area (Å²) in [5, 5.41) is 4.30. The summed E-state index contributed by atoms with van der Waals surface area (Å²) in [7, 11) is -3.80. The monoisotopic (exact) mass is 412 g/mol. The molecule has 2 aromatic rings. The fraction of sp³-hybridized carbons (Fsp3) is 0.235. The van der Waals surface area contributed by atoms with Crippen molar-refractivity contribution in [3.05, 3.63) is 54.2 Å². The molecule has 0 bridgehead atoms. The highest BCUT2D eigenvalue weighted by molar-refractivity contribution is 7.91. The summed E-state index contributed by atoms with van der Waals surface area (Å²) in [5.41, 5.74) is 0. The van der Waals surface area contributed by atoms with E-state index in [1.54, 1.807) is 12.1 Å². The number of urea groups is 1. The second-order valence-corrected chi connectivity index (χ2v) is 7.60. The zero-order valence-corrected chi connectivity index (χ0v) is 15.3.